The van der Waals surface area contributed by atoms with E-state index in [1.54, 1.807) is 30.6 Å². The Morgan fingerprint density at radius 2 is 1.90 bits per heavy atom. The van der Waals surface area contributed by atoms with Gasteiger partial charge in [-0.05, 0) is 29.1 Å². The van der Waals surface area contributed by atoms with Gasteiger partial charge in [-0.25, -0.2) is 0 Å². The molecule has 2 aromatic carbocycles. The lowest BCUT2D eigenvalue weighted by Gasteiger charge is -2.13. The molecule has 0 saturated carbocycles. The standard InChI is InChI=1S/C20H16N4O3S2/c1-27-17-6-3-2-5-16(17)23-19(18-7-4-12-28-18)21-22-20(23)29-13-14-8-10-15(11-9-14)24(25)26/h2-12H,13H2,1H3. The van der Waals surface area contributed by atoms with Gasteiger partial charge >= 0.3 is 0 Å². The van der Waals surface area contributed by atoms with Gasteiger partial charge in [0.15, 0.2) is 11.0 Å². The summed E-state index contributed by atoms with van der Waals surface area (Å²) in [5, 5.41) is 22.4. The Kier molecular flexibility index (Phi) is 5.59. The summed E-state index contributed by atoms with van der Waals surface area (Å²) >= 11 is 3.11. The fourth-order valence-electron chi connectivity index (χ4n) is 2.82. The van der Waals surface area contributed by atoms with Crippen molar-refractivity contribution in [2.45, 2.75) is 10.9 Å². The van der Waals surface area contributed by atoms with Gasteiger partial charge in [0.05, 0.1) is 22.6 Å². The number of nitro groups is 1. The van der Waals surface area contributed by atoms with Crippen molar-refractivity contribution in [2.24, 2.45) is 0 Å². The summed E-state index contributed by atoms with van der Waals surface area (Å²) in [5.74, 6) is 2.08. The molecule has 0 aliphatic heterocycles. The summed E-state index contributed by atoms with van der Waals surface area (Å²) in [6.07, 6.45) is 0. The van der Waals surface area contributed by atoms with Gasteiger partial charge in [-0.3, -0.25) is 14.7 Å². The lowest BCUT2D eigenvalue weighted by atomic mass is 10.2. The quantitative estimate of drug-likeness (QED) is 0.230. The molecule has 0 fully saturated rings. The molecule has 2 heterocycles. The lowest BCUT2D eigenvalue weighted by molar-refractivity contribution is -0.384. The van der Waals surface area contributed by atoms with Crippen LogP contribution < -0.4 is 4.74 Å². The zero-order valence-corrected chi connectivity index (χ0v) is 17.0. The molecule has 0 amide bonds. The van der Waals surface area contributed by atoms with Crippen molar-refractivity contribution in [3.8, 4) is 22.1 Å². The number of hydrogen-bond acceptors (Lipinski definition) is 7. The van der Waals surface area contributed by atoms with Gasteiger partial charge in [0.1, 0.15) is 5.75 Å². The first-order valence-electron chi connectivity index (χ1n) is 8.66. The van der Waals surface area contributed by atoms with Gasteiger partial charge in [-0.2, -0.15) is 0 Å². The molecule has 29 heavy (non-hydrogen) atoms. The second kappa shape index (κ2) is 8.46. The van der Waals surface area contributed by atoms with Gasteiger partial charge in [0, 0.05) is 17.9 Å². The number of methoxy groups -OCH3 is 1. The number of hydrogen-bond donors (Lipinski definition) is 0. The van der Waals surface area contributed by atoms with Gasteiger partial charge in [-0.15, -0.1) is 21.5 Å². The fraction of sp³-hybridized carbons (Fsp3) is 0.100. The largest absolute Gasteiger partial charge is 0.495 e. The molecule has 7 nitrogen and oxygen atoms in total. The molecule has 2 aromatic heterocycles. The highest BCUT2D eigenvalue weighted by Crippen LogP contribution is 2.35. The summed E-state index contributed by atoms with van der Waals surface area (Å²) < 4.78 is 7.54. The highest BCUT2D eigenvalue weighted by Gasteiger charge is 2.19. The molecule has 0 aliphatic carbocycles. The van der Waals surface area contributed by atoms with Crippen molar-refractivity contribution in [1.82, 2.24) is 14.8 Å². The van der Waals surface area contributed by atoms with Crippen molar-refractivity contribution >= 4 is 28.8 Å². The highest BCUT2D eigenvalue weighted by atomic mass is 32.2. The van der Waals surface area contributed by atoms with Crippen LogP contribution in [0.4, 0.5) is 5.69 Å². The summed E-state index contributed by atoms with van der Waals surface area (Å²) in [5.41, 5.74) is 1.90. The molecule has 0 spiro atoms. The zero-order chi connectivity index (χ0) is 20.2. The van der Waals surface area contributed by atoms with Crippen LogP contribution in [0.5, 0.6) is 5.75 Å². The summed E-state index contributed by atoms with van der Waals surface area (Å²) in [7, 11) is 1.64. The third kappa shape index (κ3) is 4.01. The third-order valence-corrected chi connectivity index (χ3v) is 6.08. The molecule has 0 radical (unpaired) electrons. The molecule has 4 aromatic rings. The maximum atomic E-state index is 10.8. The normalized spacial score (nSPS) is 10.8. The molecule has 0 unspecified atom stereocenters. The molecule has 0 atom stereocenters. The number of benzene rings is 2. The van der Waals surface area contributed by atoms with Crippen LogP contribution in [0.3, 0.4) is 0 Å². The topological polar surface area (TPSA) is 83.1 Å². The van der Waals surface area contributed by atoms with Crippen LogP contribution in [0.2, 0.25) is 0 Å². The Labute approximate surface area is 175 Å². The van der Waals surface area contributed by atoms with Crippen LogP contribution in [0.15, 0.2) is 71.2 Å². The molecule has 0 aliphatic rings. The molecular weight excluding hydrogens is 408 g/mol. The first-order valence-corrected chi connectivity index (χ1v) is 10.5. The van der Waals surface area contributed by atoms with Crippen molar-refractivity contribution < 1.29 is 9.66 Å². The minimum absolute atomic E-state index is 0.0796. The Morgan fingerprint density at radius 3 is 2.59 bits per heavy atom. The van der Waals surface area contributed by atoms with Crippen LogP contribution in [-0.4, -0.2) is 26.8 Å². The van der Waals surface area contributed by atoms with Crippen molar-refractivity contribution in [2.75, 3.05) is 7.11 Å². The number of nitro benzene ring substituents is 1. The van der Waals surface area contributed by atoms with Crippen LogP contribution in [-0.2, 0) is 5.75 Å². The van der Waals surface area contributed by atoms with E-state index >= 15 is 0 Å². The highest BCUT2D eigenvalue weighted by molar-refractivity contribution is 7.98. The number of aromatic nitrogens is 3. The summed E-state index contributed by atoms with van der Waals surface area (Å²) in [6.45, 7) is 0. The molecule has 4 rings (SSSR count). The van der Waals surface area contributed by atoms with Crippen LogP contribution in [0.25, 0.3) is 16.4 Å². The Hall–Kier alpha value is -3.17. The molecule has 0 N–H and O–H groups in total. The number of non-ortho nitro benzene ring substituents is 1. The second-order valence-electron chi connectivity index (χ2n) is 6.00. The second-order valence-corrected chi connectivity index (χ2v) is 7.89. The van der Waals surface area contributed by atoms with Gasteiger partial charge in [-0.1, -0.05) is 42.1 Å². The van der Waals surface area contributed by atoms with E-state index in [0.717, 1.165) is 32.9 Å². The van der Waals surface area contributed by atoms with Crippen molar-refractivity contribution in [3.05, 3.63) is 81.7 Å². The van der Waals surface area contributed by atoms with E-state index in [4.69, 9.17) is 4.74 Å². The van der Waals surface area contributed by atoms with Crippen molar-refractivity contribution in [3.63, 3.8) is 0 Å². The van der Waals surface area contributed by atoms with Gasteiger partial charge < -0.3 is 4.74 Å². The lowest BCUT2D eigenvalue weighted by Crippen LogP contribution is -2.01. The predicted octanol–water partition coefficient (Wildman–Crippen LogP) is 5.20. The average molecular weight is 425 g/mol. The van der Waals surface area contributed by atoms with E-state index in [1.807, 2.05) is 46.3 Å². The fourth-order valence-corrected chi connectivity index (χ4v) is 4.42. The number of ether oxygens (including phenoxy) is 1. The van der Waals surface area contributed by atoms with E-state index in [0.29, 0.717) is 5.75 Å². The molecule has 9 heteroatoms. The Balaban J connectivity index is 1.69. The van der Waals surface area contributed by atoms with E-state index in [-0.39, 0.29) is 5.69 Å². The third-order valence-electron chi connectivity index (χ3n) is 4.22. The smallest absolute Gasteiger partial charge is 0.269 e. The summed E-state index contributed by atoms with van der Waals surface area (Å²) in [6, 6.07) is 18.3. The minimum Gasteiger partial charge on any atom is -0.495 e. The molecule has 0 bridgehead atoms. The zero-order valence-electron chi connectivity index (χ0n) is 15.4. The van der Waals surface area contributed by atoms with Crippen molar-refractivity contribution in [1.29, 1.82) is 0 Å². The number of para-hydroxylation sites is 2. The molecule has 146 valence electrons. The van der Waals surface area contributed by atoms with E-state index in [9.17, 15) is 10.1 Å². The van der Waals surface area contributed by atoms with Gasteiger partial charge in [0.2, 0.25) is 0 Å². The predicted molar refractivity (Wildman–Crippen MR) is 114 cm³/mol. The van der Waals surface area contributed by atoms with E-state index < -0.39 is 4.92 Å². The molecular formula is C20H16N4O3S2. The Bertz CT molecular complexity index is 1130. The minimum atomic E-state index is -0.400. The number of thioether (sulfide) groups is 1. The van der Waals surface area contributed by atoms with E-state index in [2.05, 4.69) is 10.2 Å². The monoisotopic (exact) mass is 424 g/mol. The maximum Gasteiger partial charge on any atom is 0.269 e. The first-order chi connectivity index (χ1) is 14.2. The number of nitrogens with zero attached hydrogens (tertiary/aromatic N) is 4. The summed E-state index contributed by atoms with van der Waals surface area (Å²) in [4.78, 5) is 11.4. The SMILES string of the molecule is COc1ccccc1-n1c(SCc2ccc([N+](=O)[O-])cc2)nnc1-c1cccs1. The van der Waals surface area contributed by atoms with Crippen LogP contribution >= 0.6 is 23.1 Å². The van der Waals surface area contributed by atoms with E-state index in [1.165, 1.54) is 23.9 Å². The maximum absolute atomic E-state index is 10.8. The molecule has 0 saturated heterocycles. The average Bonchev–Trinajstić information content (AvgIpc) is 3.42. The van der Waals surface area contributed by atoms with Crippen LogP contribution in [0.1, 0.15) is 5.56 Å². The Morgan fingerprint density at radius 1 is 1.10 bits per heavy atom. The first kappa shape index (κ1) is 19.2. The number of thiophene rings is 1. The van der Waals surface area contributed by atoms with Gasteiger partial charge in [0.25, 0.3) is 5.69 Å². The van der Waals surface area contributed by atoms with Crippen LogP contribution in [0, 0.1) is 10.1 Å². The number of rotatable bonds is 7.